The van der Waals surface area contributed by atoms with Crippen LogP contribution in [0.25, 0.3) is 34.1 Å². The van der Waals surface area contributed by atoms with Crippen molar-refractivity contribution in [3.63, 3.8) is 0 Å². The first-order valence-corrected chi connectivity index (χ1v) is 9.59. The fourth-order valence-electron chi connectivity index (χ4n) is 3.53. The standard InChI is InChI=1S/C23H14N4O5/c28-21-24-22-26(23(29)25(21)17-11-13-18(14-12-17)27(30)31)19(15-7-3-1-4-8-15)20(32-22)16-9-5-2-6-10-16/h1-14H. The van der Waals surface area contributed by atoms with Crippen molar-refractivity contribution in [1.82, 2.24) is 14.0 Å². The average Bonchev–Trinajstić information content (AvgIpc) is 3.20. The van der Waals surface area contributed by atoms with Gasteiger partial charge in [-0.2, -0.15) is 0 Å². The van der Waals surface area contributed by atoms with Crippen LogP contribution in [-0.2, 0) is 0 Å². The lowest BCUT2D eigenvalue weighted by atomic mass is 10.1. The van der Waals surface area contributed by atoms with Gasteiger partial charge in [0.15, 0.2) is 5.76 Å². The molecule has 0 aliphatic rings. The fraction of sp³-hybridized carbons (Fsp3) is 0. The van der Waals surface area contributed by atoms with E-state index in [4.69, 9.17) is 4.42 Å². The molecule has 5 rings (SSSR count). The highest BCUT2D eigenvalue weighted by molar-refractivity contribution is 5.79. The number of benzene rings is 3. The molecule has 9 heteroatoms. The van der Waals surface area contributed by atoms with Crippen LogP contribution in [-0.4, -0.2) is 18.9 Å². The molecule has 156 valence electrons. The maximum absolute atomic E-state index is 13.5. The van der Waals surface area contributed by atoms with E-state index < -0.39 is 16.3 Å². The minimum absolute atomic E-state index is 0.143. The van der Waals surface area contributed by atoms with Crippen molar-refractivity contribution in [2.45, 2.75) is 0 Å². The number of aromatic nitrogens is 3. The molecular weight excluding hydrogens is 412 g/mol. The molecule has 2 aromatic heterocycles. The highest BCUT2D eigenvalue weighted by Gasteiger charge is 2.23. The predicted octanol–water partition coefficient (Wildman–Crippen LogP) is 3.68. The molecule has 0 aliphatic heterocycles. The van der Waals surface area contributed by atoms with Crippen LogP contribution in [0.1, 0.15) is 0 Å². The van der Waals surface area contributed by atoms with Crippen LogP contribution in [0.5, 0.6) is 0 Å². The normalized spacial score (nSPS) is 11.0. The SMILES string of the molecule is O=c1nc2oc(-c3ccccc3)c(-c3ccccc3)n2c(=O)n1-c1ccc([N+](=O)[O-])cc1. The highest BCUT2D eigenvalue weighted by atomic mass is 16.6. The second-order valence-corrected chi connectivity index (χ2v) is 6.92. The Balaban J connectivity index is 1.84. The highest BCUT2D eigenvalue weighted by Crippen LogP contribution is 2.33. The molecule has 5 aromatic rings. The Morgan fingerprint density at radius 1 is 0.812 bits per heavy atom. The average molecular weight is 426 g/mol. The summed E-state index contributed by atoms with van der Waals surface area (Å²) >= 11 is 0. The maximum atomic E-state index is 13.5. The quantitative estimate of drug-likeness (QED) is 0.320. The number of non-ortho nitro benzene ring substituents is 1. The topological polar surface area (TPSA) is 113 Å². The van der Waals surface area contributed by atoms with Crippen molar-refractivity contribution in [1.29, 1.82) is 0 Å². The second-order valence-electron chi connectivity index (χ2n) is 6.92. The summed E-state index contributed by atoms with van der Waals surface area (Å²) in [7, 11) is 0. The molecule has 0 fully saturated rings. The van der Waals surface area contributed by atoms with Gasteiger partial charge in [-0.3, -0.25) is 10.1 Å². The van der Waals surface area contributed by atoms with E-state index in [2.05, 4.69) is 4.98 Å². The number of fused-ring (bicyclic) bond motifs is 1. The Kier molecular flexibility index (Phi) is 4.48. The van der Waals surface area contributed by atoms with Gasteiger partial charge in [0.1, 0.15) is 5.69 Å². The number of nitro groups is 1. The van der Waals surface area contributed by atoms with Gasteiger partial charge >= 0.3 is 17.2 Å². The first-order chi connectivity index (χ1) is 15.5. The third-order valence-corrected chi connectivity index (χ3v) is 4.99. The van der Waals surface area contributed by atoms with Crippen LogP contribution in [0.3, 0.4) is 0 Å². The van der Waals surface area contributed by atoms with E-state index in [9.17, 15) is 19.7 Å². The van der Waals surface area contributed by atoms with Crippen molar-refractivity contribution in [2.24, 2.45) is 0 Å². The molecule has 0 radical (unpaired) electrons. The van der Waals surface area contributed by atoms with E-state index >= 15 is 0 Å². The largest absolute Gasteiger partial charge is 0.422 e. The van der Waals surface area contributed by atoms with Crippen LogP contribution in [0.4, 0.5) is 5.69 Å². The van der Waals surface area contributed by atoms with Gasteiger partial charge in [0.05, 0.1) is 10.6 Å². The summed E-state index contributed by atoms with van der Waals surface area (Å²) in [5.74, 6) is 0.248. The van der Waals surface area contributed by atoms with Crippen molar-refractivity contribution in [3.8, 4) is 28.3 Å². The van der Waals surface area contributed by atoms with Crippen molar-refractivity contribution < 1.29 is 9.34 Å². The number of oxazole rings is 1. The molecule has 0 atom stereocenters. The molecule has 0 spiro atoms. The van der Waals surface area contributed by atoms with E-state index in [0.717, 1.165) is 4.57 Å². The van der Waals surface area contributed by atoms with Crippen LogP contribution in [0.2, 0.25) is 0 Å². The Bertz CT molecular complexity index is 1570. The molecule has 0 unspecified atom stereocenters. The molecule has 0 amide bonds. The molecule has 0 bridgehead atoms. The van der Waals surface area contributed by atoms with E-state index in [1.165, 1.54) is 28.7 Å². The lowest BCUT2D eigenvalue weighted by Gasteiger charge is -2.06. The summed E-state index contributed by atoms with van der Waals surface area (Å²) in [6.45, 7) is 0. The third kappa shape index (κ3) is 3.08. The van der Waals surface area contributed by atoms with Gasteiger partial charge in [0.2, 0.25) is 0 Å². The van der Waals surface area contributed by atoms with Crippen molar-refractivity contribution in [2.75, 3.05) is 0 Å². The minimum atomic E-state index is -0.850. The number of hydrogen-bond donors (Lipinski definition) is 0. The molecular formula is C23H14N4O5. The van der Waals surface area contributed by atoms with E-state index in [1.54, 1.807) is 0 Å². The van der Waals surface area contributed by atoms with Crippen molar-refractivity contribution >= 4 is 11.5 Å². The number of nitrogens with zero attached hydrogens (tertiary/aromatic N) is 4. The van der Waals surface area contributed by atoms with Crippen LogP contribution >= 0.6 is 0 Å². The first-order valence-electron chi connectivity index (χ1n) is 9.59. The Hall–Kier alpha value is -4.79. The zero-order valence-electron chi connectivity index (χ0n) is 16.4. The summed E-state index contributed by atoms with van der Waals surface area (Å²) in [5, 5.41) is 10.9. The van der Waals surface area contributed by atoms with Crippen LogP contribution in [0, 0.1) is 10.1 Å². The van der Waals surface area contributed by atoms with E-state index in [1.807, 2.05) is 60.7 Å². The summed E-state index contributed by atoms with van der Waals surface area (Å²) in [4.78, 5) is 40.6. The molecule has 3 aromatic carbocycles. The van der Waals surface area contributed by atoms with Gasteiger partial charge in [0, 0.05) is 23.3 Å². The number of hydrogen-bond acceptors (Lipinski definition) is 6. The molecule has 32 heavy (non-hydrogen) atoms. The maximum Gasteiger partial charge on any atom is 0.360 e. The number of rotatable bonds is 4. The predicted molar refractivity (Wildman–Crippen MR) is 117 cm³/mol. The van der Waals surface area contributed by atoms with Crippen LogP contribution < -0.4 is 11.4 Å². The Labute approximate surface area is 179 Å². The molecule has 0 saturated carbocycles. The summed E-state index contributed by atoms with van der Waals surface area (Å²) < 4.78 is 7.98. The van der Waals surface area contributed by atoms with E-state index in [0.29, 0.717) is 22.6 Å². The molecule has 9 nitrogen and oxygen atoms in total. The molecule has 0 aliphatic carbocycles. The smallest absolute Gasteiger partial charge is 0.360 e. The summed E-state index contributed by atoms with van der Waals surface area (Å²) in [6, 6.07) is 23.4. The summed E-state index contributed by atoms with van der Waals surface area (Å²) in [5.41, 5.74) is 0.313. The lowest BCUT2D eigenvalue weighted by Crippen LogP contribution is -2.37. The zero-order valence-corrected chi connectivity index (χ0v) is 16.4. The Morgan fingerprint density at radius 2 is 1.41 bits per heavy atom. The lowest BCUT2D eigenvalue weighted by molar-refractivity contribution is -0.384. The van der Waals surface area contributed by atoms with Gasteiger partial charge in [-0.1, -0.05) is 60.7 Å². The Morgan fingerprint density at radius 3 is 2.00 bits per heavy atom. The second kappa shape index (κ2) is 7.47. The third-order valence-electron chi connectivity index (χ3n) is 4.99. The van der Waals surface area contributed by atoms with Gasteiger partial charge in [-0.05, 0) is 12.1 Å². The number of nitro benzene ring substituents is 1. The molecule has 0 N–H and O–H groups in total. The van der Waals surface area contributed by atoms with Crippen molar-refractivity contribution in [3.05, 3.63) is 116 Å². The summed E-state index contributed by atoms with van der Waals surface area (Å²) in [6.07, 6.45) is 0. The molecule has 2 heterocycles. The zero-order chi connectivity index (χ0) is 22.2. The van der Waals surface area contributed by atoms with Gasteiger partial charge in [-0.15, -0.1) is 4.98 Å². The van der Waals surface area contributed by atoms with Crippen LogP contribution in [0.15, 0.2) is 98.9 Å². The van der Waals surface area contributed by atoms with Gasteiger partial charge in [0.25, 0.3) is 5.69 Å². The van der Waals surface area contributed by atoms with E-state index in [-0.39, 0.29) is 17.2 Å². The molecule has 0 saturated heterocycles. The fourth-order valence-corrected chi connectivity index (χ4v) is 3.53. The van der Waals surface area contributed by atoms with Gasteiger partial charge < -0.3 is 4.42 Å². The monoisotopic (exact) mass is 426 g/mol. The minimum Gasteiger partial charge on any atom is -0.422 e. The first kappa shape index (κ1) is 19.2. The van der Waals surface area contributed by atoms with Gasteiger partial charge in [-0.25, -0.2) is 18.6 Å².